The Balaban J connectivity index is 1.35. The first kappa shape index (κ1) is 17.8. The van der Waals surface area contributed by atoms with Crippen molar-refractivity contribution in [3.05, 3.63) is 83.1 Å². The number of piperazine rings is 1. The molecule has 1 amide bonds. The van der Waals surface area contributed by atoms with E-state index in [9.17, 15) is 4.79 Å². The van der Waals surface area contributed by atoms with Crippen molar-refractivity contribution < 1.29 is 4.79 Å². The summed E-state index contributed by atoms with van der Waals surface area (Å²) in [6, 6.07) is 17.8. The molecular weight excluding hydrogens is 360 g/mol. The highest BCUT2D eigenvalue weighted by Gasteiger charge is 2.23. The van der Waals surface area contributed by atoms with Crippen LogP contribution in [-0.4, -0.2) is 51.7 Å². The first-order chi connectivity index (χ1) is 13.2. The zero-order chi connectivity index (χ0) is 18.6. The molecule has 2 aromatic carbocycles. The van der Waals surface area contributed by atoms with Crippen LogP contribution >= 0.6 is 11.6 Å². The maximum Gasteiger partial charge on any atom is 0.257 e. The van der Waals surface area contributed by atoms with Crippen LogP contribution in [0, 0.1) is 0 Å². The van der Waals surface area contributed by atoms with Crippen molar-refractivity contribution in [2.24, 2.45) is 0 Å². The number of hydrogen-bond acceptors (Lipinski definition) is 3. The van der Waals surface area contributed by atoms with Crippen LogP contribution in [-0.2, 0) is 6.54 Å². The number of carbonyl (C=O) groups is 1. The van der Waals surface area contributed by atoms with Crippen LogP contribution in [0.15, 0.2) is 67.0 Å². The lowest BCUT2D eigenvalue weighted by molar-refractivity contribution is 0.0628. The van der Waals surface area contributed by atoms with Gasteiger partial charge in [-0.3, -0.25) is 9.69 Å². The molecule has 4 rings (SSSR count). The molecule has 0 aliphatic carbocycles. The highest BCUT2D eigenvalue weighted by molar-refractivity contribution is 6.30. The van der Waals surface area contributed by atoms with Crippen LogP contribution in [0.2, 0.25) is 5.02 Å². The zero-order valence-electron chi connectivity index (χ0n) is 15.0. The number of benzene rings is 2. The quantitative estimate of drug-likeness (QED) is 0.695. The summed E-state index contributed by atoms with van der Waals surface area (Å²) in [5.74, 6) is 0.0413. The second-order valence-electron chi connectivity index (χ2n) is 6.71. The average Bonchev–Trinajstić information content (AvgIpc) is 3.19. The fraction of sp³-hybridized carbons (Fsp3) is 0.238. The first-order valence-corrected chi connectivity index (χ1v) is 9.43. The van der Waals surface area contributed by atoms with Crippen LogP contribution in [0.5, 0.6) is 0 Å². The number of rotatable bonds is 4. The normalized spacial score (nSPS) is 15.1. The summed E-state index contributed by atoms with van der Waals surface area (Å²) < 4.78 is 1.74. The Labute approximate surface area is 163 Å². The molecule has 2 heterocycles. The lowest BCUT2D eigenvalue weighted by Crippen LogP contribution is -2.48. The summed E-state index contributed by atoms with van der Waals surface area (Å²) in [6.45, 7) is 4.00. The molecular formula is C21H21ClN4O. The van der Waals surface area contributed by atoms with Gasteiger partial charge in [0.25, 0.3) is 5.91 Å². The van der Waals surface area contributed by atoms with Crippen molar-refractivity contribution in [3.63, 3.8) is 0 Å². The van der Waals surface area contributed by atoms with Crippen LogP contribution in [0.3, 0.4) is 0 Å². The predicted molar refractivity (Wildman–Crippen MR) is 106 cm³/mol. The number of nitrogens with zero attached hydrogens (tertiary/aromatic N) is 4. The third kappa shape index (κ3) is 4.21. The smallest absolute Gasteiger partial charge is 0.257 e. The fourth-order valence-electron chi connectivity index (χ4n) is 3.34. The number of aromatic nitrogens is 2. The van der Waals surface area contributed by atoms with Gasteiger partial charge in [0, 0.05) is 43.9 Å². The Hall–Kier alpha value is -2.63. The molecule has 1 saturated heterocycles. The SMILES string of the molecule is O=C(c1cnn(-c2ccccc2)c1)N1CCN(Cc2cccc(Cl)c2)CC1. The lowest BCUT2D eigenvalue weighted by atomic mass is 10.2. The maximum atomic E-state index is 12.8. The zero-order valence-corrected chi connectivity index (χ0v) is 15.7. The Kier molecular flexibility index (Phi) is 5.23. The van der Waals surface area contributed by atoms with Crippen molar-refractivity contribution in [2.45, 2.75) is 6.54 Å². The molecule has 0 N–H and O–H groups in total. The molecule has 1 aliphatic rings. The monoisotopic (exact) mass is 380 g/mol. The van der Waals surface area contributed by atoms with Crippen molar-refractivity contribution in [1.29, 1.82) is 0 Å². The van der Waals surface area contributed by atoms with Gasteiger partial charge >= 0.3 is 0 Å². The lowest BCUT2D eigenvalue weighted by Gasteiger charge is -2.34. The molecule has 5 nitrogen and oxygen atoms in total. The van der Waals surface area contributed by atoms with Gasteiger partial charge in [-0.2, -0.15) is 5.10 Å². The first-order valence-electron chi connectivity index (χ1n) is 9.05. The molecule has 1 aromatic heterocycles. The number of para-hydroxylation sites is 1. The topological polar surface area (TPSA) is 41.4 Å². The molecule has 27 heavy (non-hydrogen) atoms. The standard InChI is InChI=1S/C21H21ClN4O/c22-19-6-4-5-17(13-19)15-24-9-11-25(12-10-24)21(27)18-14-23-26(16-18)20-7-2-1-3-8-20/h1-8,13-14,16H,9-12,15H2. The van der Waals surface area contributed by atoms with Crippen molar-refractivity contribution in [2.75, 3.05) is 26.2 Å². The molecule has 0 atom stereocenters. The second-order valence-corrected chi connectivity index (χ2v) is 7.14. The predicted octanol–water partition coefficient (Wildman–Crippen LogP) is 3.48. The third-order valence-electron chi connectivity index (χ3n) is 4.80. The number of amides is 1. The van der Waals surface area contributed by atoms with Gasteiger partial charge in [-0.05, 0) is 29.8 Å². The van der Waals surface area contributed by atoms with Crippen LogP contribution in [0.4, 0.5) is 0 Å². The van der Waals surface area contributed by atoms with Gasteiger partial charge in [0.15, 0.2) is 0 Å². The van der Waals surface area contributed by atoms with Gasteiger partial charge in [-0.15, -0.1) is 0 Å². The van der Waals surface area contributed by atoms with E-state index in [0.717, 1.165) is 43.4 Å². The Morgan fingerprint density at radius 1 is 1.00 bits per heavy atom. The van der Waals surface area contributed by atoms with E-state index >= 15 is 0 Å². The van der Waals surface area contributed by atoms with Crippen LogP contribution in [0.25, 0.3) is 5.69 Å². The molecule has 0 bridgehead atoms. The van der Waals surface area contributed by atoms with E-state index in [1.54, 1.807) is 17.1 Å². The van der Waals surface area contributed by atoms with Gasteiger partial charge in [0.2, 0.25) is 0 Å². The summed E-state index contributed by atoms with van der Waals surface area (Å²) >= 11 is 6.06. The van der Waals surface area contributed by atoms with Gasteiger partial charge < -0.3 is 4.90 Å². The third-order valence-corrected chi connectivity index (χ3v) is 5.04. The number of carbonyl (C=O) groups excluding carboxylic acids is 1. The largest absolute Gasteiger partial charge is 0.336 e. The number of hydrogen-bond donors (Lipinski definition) is 0. The summed E-state index contributed by atoms with van der Waals surface area (Å²) in [7, 11) is 0. The van der Waals surface area contributed by atoms with Crippen LogP contribution < -0.4 is 0 Å². The summed E-state index contributed by atoms with van der Waals surface area (Å²) in [5.41, 5.74) is 2.77. The molecule has 138 valence electrons. The molecule has 0 radical (unpaired) electrons. The minimum absolute atomic E-state index is 0.0413. The van der Waals surface area contributed by atoms with E-state index in [2.05, 4.69) is 16.1 Å². The van der Waals surface area contributed by atoms with E-state index in [0.29, 0.717) is 5.56 Å². The Bertz CT molecular complexity index is 917. The highest BCUT2D eigenvalue weighted by atomic mass is 35.5. The molecule has 3 aromatic rings. The van der Waals surface area contributed by atoms with E-state index in [1.165, 1.54) is 5.56 Å². The number of halogens is 1. The maximum absolute atomic E-state index is 12.8. The molecule has 0 unspecified atom stereocenters. The molecule has 1 aliphatic heterocycles. The van der Waals surface area contributed by atoms with Gasteiger partial charge in [-0.25, -0.2) is 4.68 Å². The Morgan fingerprint density at radius 3 is 2.52 bits per heavy atom. The van der Waals surface area contributed by atoms with E-state index in [-0.39, 0.29) is 5.91 Å². The van der Waals surface area contributed by atoms with E-state index < -0.39 is 0 Å². The molecule has 0 saturated carbocycles. The molecule has 1 fully saturated rings. The van der Waals surface area contributed by atoms with Gasteiger partial charge in [-0.1, -0.05) is 41.9 Å². The van der Waals surface area contributed by atoms with Gasteiger partial charge in [0.1, 0.15) is 0 Å². The average molecular weight is 381 g/mol. The Morgan fingerprint density at radius 2 is 1.78 bits per heavy atom. The molecule has 0 spiro atoms. The minimum Gasteiger partial charge on any atom is -0.336 e. The fourth-order valence-corrected chi connectivity index (χ4v) is 3.55. The van der Waals surface area contributed by atoms with Crippen molar-refractivity contribution >= 4 is 17.5 Å². The van der Waals surface area contributed by atoms with Crippen molar-refractivity contribution in [3.8, 4) is 5.69 Å². The highest BCUT2D eigenvalue weighted by Crippen LogP contribution is 2.15. The second kappa shape index (κ2) is 7.94. The van der Waals surface area contributed by atoms with Crippen molar-refractivity contribution in [1.82, 2.24) is 19.6 Å². The minimum atomic E-state index is 0.0413. The van der Waals surface area contributed by atoms with E-state index in [1.807, 2.05) is 53.4 Å². The molecule has 6 heteroatoms. The summed E-state index contributed by atoms with van der Waals surface area (Å²) in [5, 5.41) is 5.09. The van der Waals surface area contributed by atoms with E-state index in [4.69, 9.17) is 11.6 Å². The van der Waals surface area contributed by atoms with Gasteiger partial charge in [0.05, 0.1) is 17.4 Å². The summed E-state index contributed by atoms with van der Waals surface area (Å²) in [6.07, 6.45) is 3.45. The van der Waals surface area contributed by atoms with Crippen LogP contribution in [0.1, 0.15) is 15.9 Å². The summed E-state index contributed by atoms with van der Waals surface area (Å²) in [4.78, 5) is 17.0.